The van der Waals surface area contributed by atoms with Crippen LogP contribution in [0.15, 0.2) is 23.3 Å². The molecule has 8 rings (SSSR count). The SMILES string of the molecule is CC[C@H]1CCC2(C)C(=CC[C@H]3C2CCC2(C)C([C@H](C)C[C@@H](C)C4CC[C@H]5[C@H]6CC=C7C[C@@H](CC)CCC7(C)C6CCC45C)CC[C@@H]32)C1. The highest BCUT2D eigenvalue weighted by molar-refractivity contribution is 5.26. The van der Waals surface area contributed by atoms with Gasteiger partial charge in [0.2, 0.25) is 0 Å². The minimum absolute atomic E-state index is 0.531. The molecule has 8 unspecified atom stereocenters. The molecule has 6 saturated carbocycles. The zero-order valence-electron chi connectivity index (χ0n) is 32.5. The van der Waals surface area contributed by atoms with Crippen LogP contribution in [-0.4, -0.2) is 0 Å². The molecule has 264 valence electrons. The van der Waals surface area contributed by atoms with E-state index in [1.165, 1.54) is 122 Å². The summed E-state index contributed by atoms with van der Waals surface area (Å²) in [7, 11) is 0. The summed E-state index contributed by atoms with van der Waals surface area (Å²) in [6.45, 7) is 21.4. The highest BCUT2D eigenvalue weighted by Gasteiger charge is 2.61. The van der Waals surface area contributed by atoms with Crippen LogP contribution in [0.2, 0.25) is 0 Å². The second-order valence-electron chi connectivity index (χ2n) is 21.2. The van der Waals surface area contributed by atoms with Crippen molar-refractivity contribution in [2.45, 2.75) is 177 Å². The van der Waals surface area contributed by atoms with E-state index in [-0.39, 0.29) is 0 Å². The van der Waals surface area contributed by atoms with E-state index in [2.05, 4.69) is 67.5 Å². The third-order valence-electron chi connectivity index (χ3n) is 19.8. The predicted octanol–water partition coefficient (Wildman–Crippen LogP) is 13.9. The Balaban J connectivity index is 0.940. The summed E-state index contributed by atoms with van der Waals surface area (Å²) in [5.74, 6) is 11.5. The molecule has 0 aromatic rings. The summed E-state index contributed by atoms with van der Waals surface area (Å²) in [5.41, 5.74) is 6.06. The smallest absolute Gasteiger partial charge is 0.00851 e. The Labute approximate surface area is 292 Å². The molecule has 0 heterocycles. The van der Waals surface area contributed by atoms with Gasteiger partial charge in [-0.05, 0) is 202 Å². The maximum atomic E-state index is 2.82. The Kier molecular flexibility index (Phi) is 8.60. The van der Waals surface area contributed by atoms with Crippen molar-refractivity contribution in [3.05, 3.63) is 23.3 Å². The van der Waals surface area contributed by atoms with E-state index in [0.29, 0.717) is 21.7 Å². The van der Waals surface area contributed by atoms with Gasteiger partial charge >= 0.3 is 0 Å². The second kappa shape index (κ2) is 12.0. The summed E-state index contributed by atoms with van der Waals surface area (Å²) >= 11 is 0. The van der Waals surface area contributed by atoms with E-state index in [0.717, 1.165) is 71.0 Å². The fourth-order valence-electron chi connectivity index (χ4n) is 17.0. The van der Waals surface area contributed by atoms with Gasteiger partial charge < -0.3 is 0 Å². The molecule has 0 spiro atoms. The molecule has 47 heavy (non-hydrogen) atoms. The van der Waals surface area contributed by atoms with Crippen molar-refractivity contribution in [1.29, 1.82) is 0 Å². The third-order valence-corrected chi connectivity index (χ3v) is 19.8. The van der Waals surface area contributed by atoms with Gasteiger partial charge in [-0.3, -0.25) is 0 Å². The van der Waals surface area contributed by atoms with E-state index >= 15 is 0 Å². The van der Waals surface area contributed by atoms with Crippen LogP contribution in [0.5, 0.6) is 0 Å². The van der Waals surface area contributed by atoms with E-state index < -0.39 is 0 Å². The fraction of sp³-hybridized carbons (Fsp3) is 0.915. The summed E-state index contributed by atoms with van der Waals surface area (Å²) in [6, 6.07) is 0. The molecule has 0 radical (unpaired) electrons. The van der Waals surface area contributed by atoms with Gasteiger partial charge in [-0.25, -0.2) is 0 Å². The maximum Gasteiger partial charge on any atom is -0.00851 e. The molecule has 8 aliphatic carbocycles. The molecule has 8 aliphatic rings. The lowest BCUT2D eigenvalue weighted by Gasteiger charge is -2.59. The summed E-state index contributed by atoms with van der Waals surface area (Å²) in [5, 5.41) is 0. The molecule has 0 N–H and O–H groups in total. The van der Waals surface area contributed by atoms with Gasteiger partial charge in [0.05, 0.1) is 0 Å². The van der Waals surface area contributed by atoms with Crippen molar-refractivity contribution >= 4 is 0 Å². The topological polar surface area (TPSA) is 0 Å². The molecule has 0 heteroatoms. The van der Waals surface area contributed by atoms with Crippen molar-refractivity contribution in [3.8, 4) is 0 Å². The average Bonchev–Trinajstić information content (AvgIpc) is 3.61. The summed E-state index contributed by atoms with van der Waals surface area (Å²) in [4.78, 5) is 0. The molecule has 0 bridgehead atoms. The number of fused-ring (bicyclic) bond motifs is 10. The third kappa shape index (κ3) is 4.97. The highest BCUT2D eigenvalue weighted by atomic mass is 14.7. The van der Waals surface area contributed by atoms with Crippen LogP contribution in [0.3, 0.4) is 0 Å². The first-order chi connectivity index (χ1) is 22.5. The molecule has 0 aromatic heterocycles. The van der Waals surface area contributed by atoms with Crippen LogP contribution in [-0.2, 0) is 0 Å². The van der Waals surface area contributed by atoms with E-state index in [1.54, 1.807) is 0 Å². The molecule has 0 nitrogen and oxygen atoms in total. The first-order valence-electron chi connectivity index (χ1n) is 21.8. The minimum atomic E-state index is 0.531. The van der Waals surface area contributed by atoms with Crippen LogP contribution >= 0.6 is 0 Å². The number of allylic oxidation sites excluding steroid dienone is 4. The van der Waals surface area contributed by atoms with Gasteiger partial charge in [-0.2, -0.15) is 0 Å². The van der Waals surface area contributed by atoms with Crippen molar-refractivity contribution in [3.63, 3.8) is 0 Å². The quantitative estimate of drug-likeness (QED) is 0.253. The van der Waals surface area contributed by atoms with Crippen LogP contribution < -0.4 is 0 Å². The molecular weight excluding hydrogens is 565 g/mol. The minimum Gasteiger partial charge on any atom is -0.0845 e. The van der Waals surface area contributed by atoms with Gasteiger partial charge in [-0.1, -0.05) is 91.5 Å². The lowest BCUT2D eigenvalue weighted by molar-refractivity contribution is -0.0619. The molecule has 16 atom stereocenters. The first kappa shape index (κ1) is 33.6. The summed E-state index contributed by atoms with van der Waals surface area (Å²) in [6.07, 6.45) is 33.8. The fourth-order valence-corrected chi connectivity index (χ4v) is 17.0. The van der Waals surface area contributed by atoms with Crippen molar-refractivity contribution < 1.29 is 0 Å². The highest BCUT2D eigenvalue weighted by Crippen LogP contribution is 2.70. The van der Waals surface area contributed by atoms with Crippen LogP contribution in [0.1, 0.15) is 177 Å². The summed E-state index contributed by atoms with van der Waals surface area (Å²) < 4.78 is 0. The predicted molar refractivity (Wildman–Crippen MR) is 201 cm³/mol. The molecular formula is C47H76. The Morgan fingerprint density at radius 3 is 1.38 bits per heavy atom. The van der Waals surface area contributed by atoms with E-state index in [1.807, 2.05) is 11.1 Å². The molecule has 0 saturated heterocycles. The maximum absolute atomic E-state index is 2.82. The number of rotatable bonds is 6. The van der Waals surface area contributed by atoms with Gasteiger partial charge in [-0.15, -0.1) is 0 Å². The Morgan fingerprint density at radius 2 is 0.979 bits per heavy atom. The lowest BCUT2D eigenvalue weighted by Crippen LogP contribution is -2.51. The molecule has 0 aromatic carbocycles. The number of hydrogen-bond donors (Lipinski definition) is 0. The number of hydrogen-bond acceptors (Lipinski definition) is 0. The second-order valence-corrected chi connectivity index (χ2v) is 21.2. The van der Waals surface area contributed by atoms with Crippen LogP contribution in [0, 0.1) is 92.7 Å². The Hall–Kier alpha value is -0.520. The monoisotopic (exact) mass is 641 g/mol. The van der Waals surface area contributed by atoms with Gasteiger partial charge in [0.1, 0.15) is 0 Å². The standard InChI is InChI=1S/C47H76/c1-9-32-19-23-44(5)34(28-32)11-13-36-40-17-15-38(46(40,7)25-21-42(36)44)30(3)27-31(4)39-16-18-41-37-14-12-35-29-33(10-2)20-24-45(35,6)43(37)22-26-47(39,41)8/h11-12,30-33,36-43H,9-10,13-29H2,1-8H3/t30-,31-,32+,33+,36-,37-,38?,39?,40+,41+,42?,43?,44?,45?,46?,47?/m1/s1. The van der Waals surface area contributed by atoms with E-state index in [4.69, 9.17) is 0 Å². The zero-order chi connectivity index (χ0) is 32.9. The Morgan fingerprint density at radius 1 is 0.553 bits per heavy atom. The van der Waals surface area contributed by atoms with Gasteiger partial charge in [0.15, 0.2) is 0 Å². The average molecular weight is 641 g/mol. The molecule has 0 aliphatic heterocycles. The van der Waals surface area contributed by atoms with Crippen molar-refractivity contribution in [2.75, 3.05) is 0 Å². The Bertz CT molecular complexity index is 1140. The van der Waals surface area contributed by atoms with Gasteiger partial charge in [0.25, 0.3) is 0 Å². The molecule has 0 amide bonds. The normalized spacial score (nSPS) is 53.3. The van der Waals surface area contributed by atoms with Crippen molar-refractivity contribution in [2.24, 2.45) is 92.7 Å². The van der Waals surface area contributed by atoms with Crippen LogP contribution in [0.4, 0.5) is 0 Å². The van der Waals surface area contributed by atoms with E-state index in [9.17, 15) is 0 Å². The first-order valence-corrected chi connectivity index (χ1v) is 21.8. The van der Waals surface area contributed by atoms with Gasteiger partial charge in [0, 0.05) is 0 Å². The lowest BCUT2D eigenvalue weighted by atomic mass is 9.46. The molecule has 6 fully saturated rings. The zero-order valence-corrected chi connectivity index (χ0v) is 32.5. The largest absolute Gasteiger partial charge is 0.0845 e. The van der Waals surface area contributed by atoms with Crippen molar-refractivity contribution in [1.82, 2.24) is 0 Å². The van der Waals surface area contributed by atoms with Crippen LogP contribution in [0.25, 0.3) is 0 Å².